The molecule has 1 fully saturated rings. The van der Waals surface area contributed by atoms with E-state index in [2.05, 4.69) is 30.7 Å². The van der Waals surface area contributed by atoms with Crippen LogP contribution in [0, 0.1) is 12.3 Å². The summed E-state index contributed by atoms with van der Waals surface area (Å²) < 4.78 is 22.0. The zero-order valence-electron chi connectivity index (χ0n) is 13.2. The average molecular weight is 385 g/mol. The minimum atomic E-state index is -4.74. The van der Waals surface area contributed by atoms with E-state index in [0.717, 1.165) is 0 Å². The number of aromatic nitrogens is 4. The van der Waals surface area contributed by atoms with E-state index in [0.29, 0.717) is 17.0 Å². The van der Waals surface area contributed by atoms with Gasteiger partial charge in [0.2, 0.25) is 0 Å². The van der Waals surface area contributed by atoms with Crippen LogP contribution in [0.5, 0.6) is 0 Å². The number of imidazole rings is 1. The van der Waals surface area contributed by atoms with Gasteiger partial charge in [-0.05, 0) is 0 Å². The molecule has 0 spiro atoms. The third-order valence-electron chi connectivity index (χ3n) is 3.74. The highest BCUT2D eigenvalue weighted by Crippen LogP contribution is 2.38. The van der Waals surface area contributed by atoms with E-state index in [1.165, 1.54) is 17.2 Å². The zero-order valence-corrected chi connectivity index (χ0v) is 14.1. The number of rotatable bonds is 6. The van der Waals surface area contributed by atoms with Crippen molar-refractivity contribution in [2.24, 2.45) is 0 Å². The Kier molecular flexibility index (Phi) is 5.22. The second-order valence-corrected chi connectivity index (χ2v) is 6.68. The number of nitrogens with zero attached hydrogens (tertiary/aromatic N) is 4. The maximum absolute atomic E-state index is 10.8. The summed E-state index contributed by atoms with van der Waals surface area (Å²) in [7, 11) is -4.74. The monoisotopic (exact) mass is 385 g/mol. The number of aliphatic hydroxyl groups is 2. The van der Waals surface area contributed by atoms with Gasteiger partial charge in [-0.1, -0.05) is 5.92 Å². The number of ether oxygens (including phenoxy) is 1. The molecule has 12 nitrogen and oxygen atoms in total. The van der Waals surface area contributed by atoms with Crippen molar-refractivity contribution in [2.75, 3.05) is 18.5 Å². The molecule has 3 rings (SSSR count). The second kappa shape index (κ2) is 7.26. The number of hydrogen-bond acceptors (Lipinski definition) is 9. The number of phosphoric acid groups is 1. The predicted molar refractivity (Wildman–Crippen MR) is 86.6 cm³/mol. The molecule has 0 amide bonds. The number of phosphoric ester groups is 1. The molecular formula is C13H16N5O7P. The summed E-state index contributed by atoms with van der Waals surface area (Å²) in [5.41, 5.74) is 0.690. The standard InChI is InChI=1S/C13H16N5O7P/c1-2-3-14-11-8-12(16-5-15-11)18(6-17-8)13-10(20)9(19)7(25-13)4-24-26(21,22)23/h1,5-7,9-10,13,19-20H,3-4H2,(H,14,15,16)(H2,21,22,23). The van der Waals surface area contributed by atoms with Gasteiger partial charge in [0.05, 0.1) is 19.5 Å². The molecule has 1 aliphatic rings. The molecule has 2 aromatic rings. The van der Waals surface area contributed by atoms with Crippen LogP contribution in [0.15, 0.2) is 12.7 Å². The van der Waals surface area contributed by atoms with Crippen molar-refractivity contribution in [1.29, 1.82) is 0 Å². The lowest BCUT2D eigenvalue weighted by Crippen LogP contribution is -2.33. The number of nitrogens with one attached hydrogen (secondary N) is 1. The van der Waals surface area contributed by atoms with Crippen LogP contribution >= 0.6 is 7.82 Å². The van der Waals surface area contributed by atoms with E-state index in [1.54, 1.807) is 0 Å². The lowest BCUT2D eigenvalue weighted by molar-refractivity contribution is -0.0504. The Morgan fingerprint density at radius 1 is 1.35 bits per heavy atom. The van der Waals surface area contributed by atoms with Crippen LogP contribution in [0.3, 0.4) is 0 Å². The van der Waals surface area contributed by atoms with Gasteiger partial charge in [0, 0.05) is 0 Å². The zero-order chi connectivity index (χ0) is 18.9. The Labute approximate surface area is 147 Å². The van der Waals surface area contributed by atoms with Crippen LogP contribution in [0.4, 0.5) is 5.82 Å². The molecule has 2 aromatic heterocycles. The van der Waals surface area contributed by atoms with E-state index in [1.807, 2.05) is 0 Å². The highest BCUT2D eigenvalue weighted by atomic mass is 31.2. The van der Waals surface area contributed by atoms with Gasteiger partial charge in [0.15, 0.2) is 23.2 Å². The van der Waals surface area contributed by atoms with Crippen molar-refractivity contribution in [2.45, 2.75) is 24.5 Å². The first-order chi connectivity index (χ1) is 12.3. The molecule has 4 unspecified atom stereocenters. The van der Waals surface area contributed by atoms with Crippen LogP contribution in [-0.4, -0.2) is 71.0 Å². The molecule has 4 atom stereocenters. The van der Waals surface area contributed by atoms with Crippen LogP contribution in [-0.2, 0) is 13.8 Å². The molecule has 0 saturated carbocycles. The normalized spacial score (nSPS) is 26.1. The third-order valence-corrected chi connectivity index (χ3v) is 4.22. The van der Waals surface area contributed by atoms with Crippen LogP contribution in [0.25, 0.3) is 11.2 Å². The molecule has 5 N–H and O–H groups in total. The molecule has 1 saturated heterocycles. The van der Waals surface area contributed by atoms with Crippen molar-refractivity contribution < 1.29 is 33.8 Å². The molecule has 140 valence electrons. The molecule has 0 aromatic carbocycles. The van der Waals surface area contributed by atoms with Crippen LogP contribution in [0.2, 0.25) is 0 Å². The number of hydrogen-bond donors (Lipinski definition) is 5. The largest absolute Gasteiger partial charge is 0.469 e. The minimum Gasteiger partial charge on any atom is -0.387 e. The lowest BCUT2D eigenvalue weighted by atomic mass is 10.1. The maximum Gasteiger partial charge on any atom is 0.469 e. The van der Waals surface area contributed by atoms with E-state index >= 15 is 0 Å². The van der Waals surface area contributed by atoms with E-state index < -0.39 is 39.0 Å². The van der Waals surface area contributed by atoms with E-state index in [9.17, 15) is 14.8 Å². The minimum absolute atomic E-state index is 0.224. The summed E-state index contributed by atoms with van der Waals surface area (Å²) >= 11 is 0. The number of aliphatic hydroxyl groups excluding tert-OH is 2. The maximum atomic E-state index is 10.8. The lowest BCUT2D eigenvalue weighted by Gasteiger charge is -2.16. The highest BCUT2D eigenvalue weighted by molar-refractivity contribution is 7.46. The fourth-order valence-corrected chi connectivity index (χ4v) is 2.91. The Bertz CT molecular complexity index is 877. The Morgan fingerprint density at radius 3 is 2.81 bits per heavy atom. The number of fused-ring (bicyclic) bond motifs is 1. The molecule has 13 heteroatoms. The molecule has 1 aliphatic heterocycles. The van der Waals surface area contributed by atoms with E-state index in [-0.39, 0.29) is 6.54 Å². The van der Waals surface area contributed by atoms with Crippen molar-refractivity contribution in [1.82, 2.24) is 19.5 Å². The van der Waals surface area contributed by atoms with Crippen molar-refractivity contribution in [3.8, 4) is 12.3 Å². The van der Waals surface area contributed by atoms with Crippen molar-refractivity contribution in [3.05, 3.63) is 12.7 Å². The van der Waals surface area contributed by atoms with Crippen LogP contribution < -0.4 is 5.32 Å². The number of anilines is 1. The van der Waals surface area contributed by atoms with Crippen LogP contribution in [0.1, 0.15) is 6.23 Å². The topological polar surface area (TPSA) is 172 Å². The summed E-state index contributed by atoms with van der Waals surface area (Å²) in [5.74, 6) is 2.80. The van der Waals surface area contributed by atoms with Gasteiger partial charge in [0.1, 0.15) is 24.6 Å². The summed E-state index contributed by atoms with van der Waals surface area (Å²) in [6.45, 7) is -0.377. The molecule has 0 aliphatic carbocycles. The van der Waals surface area contributed by atoms with Gasteiger partial charge in [-0.25, -0.2) is 19.5 Å². The van der Waals surface area contributed by atoms with Gasteiger partial charge in [0.25, 0.3) is 0 Å². The summed E-state index contributed by atoms with van der Waals surface area (Å²) in [6.07, 6.45) is 2.75. The predicted octanol–water partition coefficient (Wildman–Crippen LogP) is -1.40. The van der Waals surface area contributed by atoms with Crippen molar-refractivity contribution in [3.63, 3.8) is 0 Å². The molecule has 0 bridgehead atoms. The quantitative estimate of drug-likeness (QED) is 0.292. The molecule has 3 heterocycles. The van der Waals surface area contributed by atoms with Gasteiger partial charge in [-0.3, -0.25) is 9.09 Å². The molecular weight excluding hydrogens is 369 g/mol. The summed E-state index contributed by atoms with van der Waals surface area (Å²) in [4.78, 5) is 29.8. The third kappa shape index (κ3) is 3.69. The Balaban J connectivity index is 1.85. The van der Waals surface area contributed by atoms with Gasteiger partial charge in [-0.15, -0.1) is 6.42 Å². The smallest absolute Gasteiger partial charge is 0.387 e. The fraction of sp³-hybridized carbons (Fsp3) is 0.462. The average Bonchev–Trinajstić information content (AvgIpc) is 3.13. The Hall–Kier alpha value is -2.10. The number of terminal acetylenes is 1. The first kappa shape index (κ1) is 18.7. The first-order valence-corrected chi connectivity index (χ1v) is 8.91. The van der Waals surface area contributed by atoms with Crippen molar-refractivity contribution >= 4 is 24.8 Å². The second-order valence-electron chi connectivity index (χ2n) is 5.44. The SMILES string of the molecule is C#CCNc1ncnc2c1ncn2C1OC(COP(=O)(O)O)C(O)C1O. The first-order valence-electron chi connectivity index (χ1n) is 7.38. The fourth-order valence-electron chi connectivity index (χ4n) is 2.57. The van der Waals surface area contributed by atoms with Gasteiger partial charge < -0.3 is 30.1 Å². The molecule has 26 heavy (non-hydrogen) atoms. The molecule has 0 radical (unpaired) electrons. The van der Waals surface area contributed by atoms with E-state index in [4.69, 9.17) is 20.9 Å². The summed E-state index contributed by atoms with van der Waals surface area (Å²) in [6, 6.07) is 0. The Morgan fingerprint density at radius 2 is 2.12 bits per heavy atom. The highest BCUT2D eigenvalue weighted by Gasteiger charge is 2.45. The van der Waals surface area contributed by atoms with Gasteiger partial charge >= 0.3 is 7.82 Å². The summed E-state index contributed by atoms with van der Waals surface area (Å²) in [5, 5.41) is 23.2. The van der Waals surface area contributed by atoms with Gasteiger partial charge in [-0.2, -0.15) is 0 Å².